The molecule has 1 aromatic heterocycles. The van der Waals surface area contributed by atoms with Crippen LogP contribution in [0.2, 0.25) is 5.02 Å². The number of guanidine groups is 1. The summed E-state index contributed by atoms with van der Waals surface area (Å²) in [6.07, 6.45) is 1.93. The zero-order chi connectivity index (χ0) is 18.5. The zero-order valence-electron chi connectivity index (χ0n) is 15.6. The van der Waals surface area contributed by atoms with Crippen molar-refractivity contribution in [3.05, 3.63) is 46.3 Å². The predicted octanol–water partition coefficient (Wildman–Crippen LogP) is 2.93. The van der Waals surface area contributed by atoms with Crippen LogP contribution < -0.4 is 15.5 Å². The Hall–Kier alpha value is -2.21. The summed E-state index contributed by atoms with van der Waals surface area (Å²) >= 11 is 6.11. The van der Waals surface area contributed by atoms with Crippen molar-refractivity contribution in [3.8, 4) is 0 Å². The maximum atomic E-state index is 6.11. The molecule has 1 atom stereocenters. The Morgan fingerprint density at radius 1 is 1.42 bits per heavy atom. The van der Waals surface area contributed by atoms with Crippen LogP contribution in [-0.2, 0) is 6.42 Å². The molecule has 0 saturated carbocycles. The first-order chi connectivity index (χ1) is 12.6. The molecule has 2 heterocycles. The summed E-state index contributed by atoms with van der Waals surface area (Å²) < 4.78 is 5.21. The molecule has 1 saturated heterocycles. The van der Waals surface area contributed by atoms with Crippen LogP contribution in [0.1, 0.15) is 23.4 Å². The second kappa shape index (κ2) is 8.45. The van der Waals surface area contributed by atoms with Crippen LogP contribution >= 0.6 is 11.6 Å². The normalized spacial score (nSPS) is 17.6. The SMILES string of the molecule is CN=C(NCCc1c(C)noc1C)NC1CCN(c2cccc(Cl)c2)C1. The maximum Gasteiger partial charge on any atom is 0.191 e. The largest absolute Gasteiger partial charge is 0.369 e. The second-order valence-corrected chi connectivity index (χ2v) is 7.04. The first kappa shape index (κ1) is 18.6. The van der Waals surface area contributed by atoms with E-state index in [1.165, 1.54) is 11.3 Å². The monoisotopic (exact) mass is 375 g/mol. The van der Waals surface area contributed by atoms with Gasteiger partial charge >= 0.3 is 0 Å². The lowest BCUT2D eigenvalue weighted by Crippen LogP contribution is -2.45. The molecular formula is C19H26ClN5O. The molecule has 6 nitrogen and oxygen atoms in total. The van der Waals surface area contributed by atoms with Gasteiger partial charge in [-0.1, -0.05) is 22.8 Å². The molecule has 7 heteroatoms. The van der Waals surface area contributed by atoms with E-state index in [1.54, 1.807) is 7.05 Å². The molecule has 2 N–H and O–H groups in total. The highest BCUT2D eigenvalue weighted by Gasteiger charge is 2.23. The third kappa shape index (κ3) is 4.49. The molecule has 140 valence electrons. The molecular weight excluding hydrogens is 350 g/mol. The number of nitrogens with one attached hydrogen (secondary N) is 2. The number of rotatable bonds is 5. The fourth-order valence-corrected chi connectivity index (χ4v) is 3.52. The van der Waals surface area contributed by atoms with Crippen molar-refractivity contribution < 1.29 is 4.52 Å². The van der Waals surface area contributed by atoms with E-state index >= 15 is 0 Å². The molecule has 0 amide bonds. The van der Waals surface area contributed by atoms with Crippen LogP contribution in [0.3, 0.4) is 0 Å². The average molecular weight is 376 g/mol. The van der Waals surface area contributed by atoms with E-state index in [1.807, 2.05) is 32.0 Å². The van der Waals surface area contributed by atoms with E-state index in [4.69, 9.17) is 16.1 Å². The van der Waals surface area contributed by atoms with E-state index in [2.05, 4.69) is 31.7 Å². The van der Waals surface area contributed by atoms with Crippen molar-refractivity contribution >= 4 is 23.2 Å². The lowest BCUT2D eigenvalue weighted by Gasteiger charge is -2.20. The molecule has 0 aliphatic carbocycles. The molecule has 1 unspecified atom stereocenters. The van der Waals surface area contributed by atoms with Gasteiger partial charge in [0.2, 0.25) is 0 Å². The van der Waals surface area contributed by atoms with E-state index in [0.717, 1.165) is 54.9 Å². The van der Waals surface area contributed by atoms with Crippen LogP contribution in [0.15, 0.2) is 33.8 Å². The predicted molar refractivity (Wildman–Crippen MR) is 106 cm³/mol. The molecule has 26 heavy (non-hydrogen) atoms. The number of benzene rings is 1. The van der Waals surface area contributed by atoms with Crippen LogP contribution in [0.4, 0.5) is 5.69 Å². The van der Waals surface area contributed by atoms with Crippen LogP contribution in [0, 0.1) is 13.8 Å². The molecule has 2 aromatic rings. The average Bonchev–Trinajstić information content (AvgIpc) is 3.22. The van der Waals surface area contributed by atoms with Gasteiger partial charge in [0.1, 0.15) is 5.76 Å². The van der Waals surface area contributed by atoms with Crippen LogP contribution in [0.5, 0.6) is 0 Å². The highest BCUT2D eigenvalue weighted by Crippen LogP contribution is 2.23. The van der Waals surface area contributed by atoms with Gasteiger partial charge in [0, 0.05) is 49.0 Å². The molecule has 0 spiro atoms. The number of aliphatic imine (C=N–C) groups is 1. The van der Waals surface area contributed by atoms with Crippen molar-refractivity contribution in [3.63, 3.8) is 0 Å². The minimum Gasteiger partial charge on any atom is -0.369 e. The van der Waals surface area contributed by atoms with Gasteiger partial charge in [-0.2, -0.15) is 0 Å². The van der Waals surface area contributed by atoms with Gasteiger partial charge in [-0.15, -0.1) is 0 Å². The lowest BCUT2D eigenvalue weighted by molar-refractivity contribution is 0.392. The van der Waals surface area contributed by atoms with Gasteiger partial charge in [0.05, 0.1) is 5.69 Å². The van der Waals surface area contributed by atoms with E-state index in [0.29, 0.717) is 6.04 Å². The van der Waals surface area contributed by atoms with Gasteiger partial charge in [0.15, 0.2) is 5.96 Å². The Labute approximate surface area is 159 Å². The topological polar surface area (TPSA) is 65.7 Å². The fraction of sp³-hybridized carbons (Fsp3) is 0.474. The van der Waals surface area contributed by atoms with Crippen molar-refractivity contribution in [2.75, 3.05) is 31.6 Å². The fourth-order valence-electron chi connectivity index (χ4n) is 3.34. The minimum atomic E-state index is 0.360. The molecule has 3 rings (SSSR count). The number of nitrogens with zero attached hydrogens (tertiary/aromatic N) is 3. The van der Waals surface area contributed by atoms with E-state index < -0.39 is 0 Å². The summed E-state index contributed by atoms with van der Waals surface area (Å²) in [4.78, 5) is 6.69. The summed E-state index contributed by atoms with van der Waals surface area (Å²) in [5.74, 6) is 1.72. The molecule has 0 radical (unpaired) electrons. The number of aromatic nitrogens is 1. The molecule has 1 aliphatic rings. The third-order valence-electron chi connectivity index (χ3n) is 4.77. The smallest absolute Gasteiger partial charge is 0.191 e. The molecule has 0 bridgehead atoms. The number of anilines is 1. The van der Waals surface area contributed by atoms with E-state index in [-0.39, 0.29) is 0 Å². The summed E-state index contributed by atoms with van der Waals surface area (Å²) in [7, 11) is 1.80. The number of hydrogen-bond donors (Lipinski definition) is 2. The van der Waals surface area contributed by atoms with Crippen LogP contribution in [0.25, 0.3) is 0 Å². The van der Waals surface area contributed by atoms with Gasteiger partial charge < -0.3 is 20.1 Å². The maximum absolute atomic E-state index is 6.11. The van der Waals surface area contributed by atoms with Crippen molar-refractivity contribution in [2.45, 2.75) is 32.7 Å². The molecule has 1 aromatic carbocycles. The lowest BCUT2D eigenvalue weighted by atomic mass is 10.1. The van der Waals surface area contributed by atoms with Crippen molar-refractivity contribution in [2.24, 2.45) is 4.99 Å². The first-order valence-corrected chi connectivity index (χ1v) is 9.34. The Morgan fingerprint density at radius 2 is 2.27 bits per heavy atom. The first-order valence-electron chi connectivity index (χ1n) is 8.96. The summed E-state index contributed by atoms with van der Waals surface area (Å²) in [6.45, 7) is 6.65. The molecule has 1 aliphatic heterocycles. The summed E-state index contributed by atoms with van der Waals surface area (Å²) in [5.41, 5.74) is 3.30. The zero-order valence-corrected chi connectivity index (χ0v) is 16.3. The highest BCUT2D eigenvalue weighted by atomic mass is 35.5. The summed E-state index contributed by atoms with van der Waals surface area (Å²) in [6, 6.07) is 8.38. The van der Waals surface area contributed by atoms with Crippen molar-refractivity contribution in [1.82, 2.24) is 15.8 Å². The van der Waals surface area contributed by atoms with Crippen LogP contribution in [-0.4, -0.2) is 43.8 Å². The quantitative estimate of drug-likeness (QED) is 0.621. The summed E-state index contributed by atoms with van der Waals surface area (Å²) in [5, 5.41) is 11.7. The second-order valence-electron chi connectivity index (χ2n) is 6.61. The number of hydrogen-bond acceptors (Lipinski definition) is 4. The van der Waals surface area contributed by atoms with Gasteiger partial charge in [-0.25, -0.2) is 0 Å². The van der Waals surface area contributed by atoms with E-state index in [9.17, 15) is 0 Å². The van der Waals surface area contributed by atoms with Crippen molar-refractivity contribution in [1.29, 1.82) is 0 Å². The Morgan fingerprint density at radius 3 is 2.96 bits per heavy atom. The Kier molecular flexibility index (Phi) is 6.04. The minimum absolute atomic E-state index is 0.360. The number of aryl methyl sites for hydroxylation is 2. The third-order valence-corrected chi connectivity index (χ3v) is 5.01. The Balaban J connectivity index is 1.48. The van der Waals surface area contributed by atoms with Gasteiger partial charge in [0.25, 0.3) is 0 Å². The highest BCUT2D eigenvalue weighted by molar-refractivity contribution is 6.30. The molecule has 1 fully saturated rings. The standard InChI is InChI=1S/C19H26ClN5O/c1-13-18(14(2)26-24-13)7-9-22-19(21-3)23-16-8-10-25(12-16)17-6-4-5-15(20)11-17/h4-6,11,16H,7-10,12H2,1-3H3,(H2,21,22,23). The number of halogens is 1. The van der Waals surface area contributed by atoms with Gasteiger partial charge in [-0.05, 0) is 44.9 Å². The van der Waals surface area contributed by atoms with Gasteiger partial charge in [-0.3, -0.25) is 4.99 Å². The Bertz CT molecular complexity index is 754.